The Balaban J connectivity index is 2.22. The van der Waals surface area contributed by atoms with Gasteiger partial charge in [-0.15, -0.1) is 11.3 Å². The molecule has 0 radical (unpaired) electrons. The molecule has 1 aliphatic rings. The lowest BCUT2D eigenvalue weighted by molar-refractivity contribution is -0.175. The van der Waals surface area contributed by atoms with Crippen LogP contribution in [-0.2, 0) is 19.1 Å². The SMILES string of the molecule is BOC(=O)C1(O/N=C(\C(=O)O)c2csc(C)n2)CCC1. The van der Waals surface area contributed by atoms with E-state index in [2.05, 4.69) is 14.8 Å². The standard InChI is InChI=1S/C11H13BN2O5S/c1-6-13-7(5-20-6)8(9(15)16)14-19-11(3-2-4-11)10(17)18-12/h5H,2-4,12H2,1H3,(H,15,16)/b14-8-. The summed E-state index contributed by atoms with van der Waals surface area (Å²) in [6, 6.07) is 0. The maximum Gasteiger partial charge on any atom is 0.360 e. The fourth-order valence-electron chi connectivity index (χ4n) is 1.82. The van der Waals surface area contributed by atoms with E-state index < -0.39 is 17.5 Å². The Kier molecular flexibility index (Phi) is 4.08. The number of aliphatic carboxylic acids is 1. The van der Waals surface area contributed by atoms with Crippen molar-refractivity contribution in [2.24, 2.45) is 5.16 Å². The number of hydrogen-bond donors (Lipinski definition) is 1. The van der Waals surface area contributed by atoms with E-state index in [-0.39, 0.29) is 11.4 Å². The first-order valence-corrected chi connectivity index (χ1v) is 6.87. The van der Waals surface area contributed by atoms with Gasteiger partial charge in [-0.05, 0) is 13.3 Å². The zero-order valence-corrected chi connectivity index (χ0v) is 11.9. The number of aryl methyl sites for hydroxylation is 1. The Bertz CT molecular complexity index is 567. The molecule has 1 aromatic heterocycles. The maximum absolute atomic E-state index is 11.7. The van der Waals surface area contributed by atoms with Gasteiger partial charge >= 0.3 is 20.0 Å². The number of thiazole rings is 1. The zero-order chi connectivity index (χ0) is 14.8. The van der Waals surface area contributed by atoms with Crippen LogP contribution in [0.2, 0.25) is 0 Å². The third kappa shape index (κ3) is 2.67. The molecule has 1 fully saturated rings. The molecule has 0 aliphatic heterocycles. The number of carboxylic acids is 1. The van der Waals surface area contributed by atoms with Crippen LogP contribution in [-0.4, -0.2) is 41.4 Å². The summed E-state index contributed by atoms with van der Waals surface area (Å²) in [6.07, 6.45) is 1.74. The molecule has 1 saturated carbocycles. The van der Waals surface area contributed by atoms with Crippen LogP contribution in [0.1, 0.15) is 30.0 Å². The quantitative estimate of drug-likeness (QED) is 0.476. The molecular weight excluding hydrogens is 283 g/mol. The lowest BCUT2D eigenvalue weighted by Crippen LogP contribution is -2.48. The van der Waals surface area contributed by atoms with Gasteiger partial charge in [0, 0.05) is 18.2 Å². The molecule has 0 spiro atoms. The van der Waals surface area contributed by atoms with E-state index in [1.165, 1.54) is 19.4 Å². The fraction of sp³-hybridized carbons (Fsp3) is 0.455. The third-order valence-electron chi connectivity index (χ3n) is 3.09. The molecule has 1 aliphatic carbocycles. The molecule has 20 heavy (non-hydrogen) atoms. The minimum atomic E-state index is -1.25. The molecule has 2 rings (SSSR count). The number of oxime groups is 1. The van der Waals surface area contributed by atoms with E-state index in [1.807, 2.05) is 0 Å². The number of aromatic nitrogens is 1. The van der Waals surface area contributed by atoms with Crippen molar-refractivity contribution in [1.82, 2.24) is 4.98 Å². The number of hydrogen-bond acceptors (Lipinski definition) is 7. The van der Waals surface area contributed by atoms with E-state index in [1.54, 1.807) is 12.3 Å². The lowest BCUT2D eigenvalue weighted by Gasteiger charge is -2.36. The van der Waals surface area contributed by atoms with Crippen LogP contribution >= 0.6 is 11.3 Å². The van der Waals surface area contributed by atoms with Gasteiger partial charge < -0.3 is 14.6 Å². The summed E-state index contributed by atoms with van der Waals surface area (Å²) >= 11 is 1.31. The molecule has 106 valence electrons. The Morgan fingerprint density at radius 2 is 2.25 bits per heavy atom. The van der Waals surface area contributed by atoms with Crippen molar-refractivity contribution in [2.75, 3.05) is 0 Å². The second kappa shape index (κ2) is 5.62. The van der Waals surface area contributed by atoms with Gasteiger partial charge in [0.05, 0.1) is 5.01 Å². The first-order valence-electron chi connectivity index (χ1n) is 5.99. The Morgan fingerprint density at radius 3 is 2.65 bits per heavy atom. The largest absolute Gasteiger partial charge is 0.540 e. The third-order valence-corrected chi connectivity index (χ3v) is 3.87. The predicted octanol–water partition coefficient (Wildman–Crippen LogP) is 0.271. The molecule has 0 saturated heterocycles. The highest BCUT2D eigenvalue weighted by molar-refractivity contribution is 7.09. The van der Waals surface area contributed by atoms with Crippen molar-refractivity contribution < 1.29 is 24.2 Å². The Hall–Kier alpha value is -1.90. The number of carboxylic acid groups (broad SMARTS) is 1. The highest BCUT2D eigenvalue weighted by Gasteiger charge is 2.48. The highest BCUT2D eigenvalue weighted by Crippen LogP contribution is 2.37. The molecule has 0 unspecified atom stereocenters. The summed E-state index contributed by atoms with van der Waals surface area (Å²) in [4.78, 5) is 32.1. The van der Waals surface area contributed by atoms with Crippen LogP contribution < -0.4 is 0 Å². The van der Waals surface area contributed by atoms with E-state index in [0.717, 1.165) is 11.4 Å². The van der Waals surface area contributed by atoms with Gasteiger partial charge in [0.25, 0.3) is 0 Å². The van der Waals surface area contributed by atoms with Crippen LogP contribution in [0, 0.1) is 6.92 Å². The van der Waals surface area contributed by atoms with Crippen LogP contribution in [0.25, 0.3) is 0 Å². The highest BCUT2D eigenvalue weighted by atomic mass is 32.1. The summed E-state index contributed by atoms with van der Waals surface area (Å²) < 4.78 is 4.67. The predicted molar refractivity (Wildman–Crippen MR) is 73.3 cm³/mol. The molecule has 1 aromatic rings. The number of nitrogens with zero attached hydrogens (tertiary/aromatic N) is 2. The van der Waals surface area contributed by atoms with Crippen LogP contribution in [0.4, 0.5) is 0 Å². The van der Waals surface area contributed by atoms with E-state index in [4.69, 9.17) is 9.94 Å². The van der Waals surface area contributed by atoms with E-state index in [9.17, 15) is 9.59 Å². The van der Waals surface area contributed by atoms with Crippen molar-refractivity contribution in [1.29, 1.82) is 0 Å². The second-order valence-electron chi connectivity index (χ2n) is 4.43. The topological polar surface area (TPSA) is 98.1 Å². The van der Waals surface area contributed by atoms with E-state index in [0.29, 0.717) is 12.8 Å². The van der Waals surface area contributed by atoms with E-state index >= 15 is 0 Å². The second-order valence-corrected chi connectivity index (χ2v) is 5.49. The van der Waals surface area contributed by atoms with Crippen molar-refractivity contribution in [3.8, 4) is 0 Å². The van der Waals surface area contributed by atoms with Gasteiger partial charge in [-0.3, -0.25) is 0 Å². The summed E-state index contributed by atoms with van der Waals surface area (Å²) in [5, 5.41) is 15.1. The molecule has 9 heteroatoms. The smallest absolute Gasteiger partial charge is 0.360 e. The number of rotatable bonds is 5. The molecular formula is C11H13BN2O5S. The van der Waals surface area contributed by atoms with Crippen LogP contribution in [0.15, 0.2) is 10.5 Å². The van der Waals surface area contributed by atoms with Gasteiger partial charge in [-0.2, -0.15) is 0 Å². The molecule has 7 nitrogen and oxygen atoms in total. The maximum atomic E-state index is 11.7. The van der Waals surface area contributed by atoms with Gasteiger partial charge in [0.15, 0.2) is 0 Å². The normalized spacial score (nSPS) is 17.1. The average Bonchev–Trinajstić information content (AvgIpc) is 2.77. The summed E-state index contributed by atoms with van der Waals surface area (Å²) in [5.74, 6) is -1.79. The lowest BCUT2D eigenvalue weighted by atomic mass is 9.80. The Labute approximate surface area is 120 Å². The van der Waals surface area contributed by atoms with Gasteiger partial charge in [0.1, 0.15) is 5.69 Å². The van der Waals surface area contributed by atoms with Crippen molar-refractivity contribution in [3.63, 3.8) is 0 Å². The minimum Gasteiger partial charge on any atom is -0.540 e. The van der Waals surface area contributed by atoms with Crippen molar-refractivity contribution in [3.05, 3.63) is 16.1 Å². The van der Waals surface area contributed by atoms with Crippen molar-refractivity contribution in [2.45, 2.75) is 31.8 Å². The summed E-state index contributed by atoms with van der Waals surface area (Å²) in [7, 11) is 1.26. The minimum absolute atomic E-state index is 0.222. The first kappa shape index (κ1) is 14.5. The molecule has 1 heterocycles. The summed E-state index contributed by atoms with van der Waals surface area (Å²) in [6.45, 7) is 1.76. The van der Waals surface area contributed by atoms with Crippen LogP contribution in [0.3, 0.4) is 0 Å². The summed E-state index contributed by atoms with van der Waals surface area (Å²) in [5.41, 5.74) is -1.25. The fourth-order valence-corrected chi connectivity index (χ4v) is 2.41. The monoisotopic (exact) mass is 296 g/mol. The van der Waals surface area contributed by atoms with Crippen LogP contribution in [0.5, 0.6) is 0 Å². The van der Waals surface area contributed by atoms with Gasteiger partial charge in [-0.1, -0.05) is 5.16 Å². The van der Waals surface area contributed by atoms with Crippen molar-refractivity contribution >= 4 is 37.0 Å². The number of carbonyl (C=O) groups excluding carboxylic acids is 1. The van der Waals surface area contributed by atoms with Gasteiger partial charge in [0.2, 0.25) is 11.3 Å². The Morgan fingerprint density at radius 1 is 1.55 bits per heavy atom. The average molecular weight is 296 g/mol. The van der Waals surface area contributed by atoms with Gasteiger partial charge in [-0.25, -0.2) is 14.6 Å². The first-order chi connectivity index (χ1) is 9.48. The number of carbonyl (C=O) groups is 2. The zero-order valence-electron chi connectivity index (χ0n) is 11.1. The molecule has 0 amide bonds. The molecule has 0 atom stereocenters. The molecule has 1 N–H and O–H groups in total. The molecule has 0 aromatic carbocycles. The molecule has 0 bridgehead atoms.